The van der Waals surface area contributed by atoms with Gasteiger partial charge < -0.3 is 16.2 Å². The molecule has 0 aromatic carbocycles. The molecular formula is C10H20N2O3. The van der Waals surface area contributed by atoms with E-state index in [2.05, 4.69) is 5.32 Å². The van der Waals surface area contributed by atoms with E-state index in [1.165, 1.54) is 13.8 Å². The van der Waals surface area contributed by atoms with Gasteiger partial charge in [0.25, 0.3) is 0 Å². The molecule has 0 heterocycles. The molecule has 0 rings (SSSR count). The number of amides is 1. The lowest BCUT2D eigenvalue weighted by Gasteiger charge is -2.23. The van der Waals surface area contributed by atoms with Crippen LogP contribution < -0.4 is 11.1 Å². The van der Waals surface area contributed by atoms with Crippen LogP contribution in [0, 0.1) is 5.92 Å². The molecule has 0 spiro atoms. The van der Waals surface area contributed by atoms with E-state index >= 15 is 0 Å². The molecule has 0 aliphatic rings. The Morgan fingerprint density at radius 3 is 2.20 bits per heavy atom. The molecule has 0 saturated heterocycles. The fourth-order valence-corrected chi connectivity index (χ4v) is 1.07. The third-order valence-electron chi connectivity index (χ3n) is 2.03. The molecule has 5 heteroatoms. The Hall–Kier alpha value is -1.10. The number of rotatable bonds is 5. The smallest absolute Gasteiger partial charge is 0.328 e. The van der Waals surface area contributed by atoms with Gasteiger partial charge >= 0.3 is 5.97 Å². The maximum atomic E-state index is 11.5. The Balaban J connectivity index is 4.30. The third-order valence-corrected chi connectivity index (χ3v) is 2.03. The molecule has 0 aromatic heterocycles. The molecule has 0 bridgehead atoms. The molecule has 0 aromatic rings. The van der Waals surface area contributed by atoms with Crippen LogP contribution in [-0.4, -0.2) is 28.6 Å². The van der Waals surface area contributed by atoms with E-state index in [1.54, 1.807) is 0 Å². The highest BCUT2D eigenvalue weighted by molar-refractivity contribution is 5.88. The number of carbonyl (C=O) groups excluding carboxylic acids is 1. The van der Waals surface area contributed by atoms with Crippen molar-refractivity contribution in [1.29, 1.82) is 0 Å². The van der Waals surface area contributed by atoms with Gasteiger partial charge in [-0.25, -0.2) is 4.79 Å². The van der Waals surface area contributed by atoms with Crippen molar-refractivity contribution in [3.8, 4) is 0 Å². The standard InChI is InChI=1S/C10H20N2O3/c1-6(2)5-7(11)8(13)12-10(3,4)9(14)15/h6-7H,5,11H2,1-4H3,(H,12,13)(H,14,15)/t7-/m0/s1. The number of carboxylic acid groups (broad SMARTS) is 1. The molecule has 0 radical (unpaired) electrons. The second kappa shape index (κ2) is 5.11. The molecular weight excluding hydrogens is 196 g/mol. The van der Waals surface area contributed by atoms with Crippen molar-refractivity contribution >= 4 is 11.9 Å². The minimum absolute atomic E-state index is 0.304. The zero-order chi connectivity index (χ0) is 12.2. The number of hydrogen-bond donors (Lipinski definition) is 3. The van der Waals surface area contributed by atoms with Crippen LogP contribution in [0.3, 0.4) is 0 Å². The minimum Gasteiger partial charge on any atom is -0.480 e. The fourth-order valence-electron chi connectivity index (χ4n) is 1.07. The van der Waals surface area contributed by atoms with Gasteiger partial charge in [-0.3, -0.25) is 4.79 Å². The van der Waals surface area contributed by atoms with Gasteiger partial charge in [-0.2, -0.15) is 0 Å². The second-order valence-electron chi connectivity index (χ2n) is 4.66. The Labute approximate surface area is 90.0 Å². The summed E-state index contributed by atoms with van der Waals surface area (Å²) >= 11 is 0. The van der Waals surface area contributed by atoms with E-state index < -0.39 is 23.5 Å². The van der Waals surface area contributed by atoms with Crippen LogP contribution in [0.15, 0.2) is 0 Å². The Kier molecular flexibility index (Phi) is 4.74. The van der Waals surface area contributed by atoms with Gasteiger partial charge in [0.05, 0.1) is 6.04 Å². The van der Waals surface area contributed by atoms with Gasteiger partial charge in [0, 0.05) is 0 Å². The summed E-state index contributed by atoms with van der Waals surface area (Å²) in [5.41, 5.74) is 4.35. The molecule has 88 valence electrons. The SMILES string of the molecule is CC(C)C[C@H](N)C(=O)NC(C)(C)C(=O)O. The molecule has 0 aliphatic carbocycles. The van der Waals surface area contributed by atoms with E-state index in [9.17, 15) is 9.59 Å². The van der Waals surface area contributed by atoms with E-state index in [4.69, 9.17) is 10.8 Å². The summed E-state index contributed by atoms with van der Waals surface area (Å²) in [6.07, 6.45) is 0.543. The molecule has 0 saturated carbocycles. The number of aliphatic carboxylic acids is 1. The summed E-state index contributed by atoms with van der Waals surface area (Å²) in [7, 11) is 0. The molecule has 1 atom stereocenters. The molecule has 15 heavy (non-hydrogen) atoms. The number of nitrogens with one attached hydrogen (secondary N) is 1. The second-order valence-corrected chi connectivity index (χ2v) is 4.66. The highest BCUT2D eigenvalue weighted by Crippen LogP contribution is 2.06. The van der Waals surface area contributed by atoms with Crippen LogP contribution in [0.25, 0.3) is 0 Å². The Morgan fingerprint density at radius 2 is 1.87 bits per heavy atom. The van der Waals surface area contributed by atoms with Crippen molar-refractivity contribution in [2.75, 3.05) is 0 Å². The van der Waals surface area contributed by atoms with Crippen molar-refractivity contribution in [2.45, 2.75) is 45.7 Å². The van der Waals surface area contributed by atoms with E-state index in [0.29, 0.717) is 12.3 Å². The van der Waals surface area contributed by atoms with Crippen LogP contribution in [0.1, 0.15) is 34.1 Å². The third kappa shape index (κ3) is 4.78. The lowest BCUT2D eigenvalue weighted by molar-refractivity contribution is -0.146. The summed E-state index contributed by atoms with van der Waals surface area (Å²) in [5.74, 6) is -1.19. The first-order chi connectivity index (χ1) is 6.66. The van der Waals surface area contributed by atoms with Gasteiger partial charge in [-0.1, -0.05) is 13.8 Å². The van der Waals surface area contributed by atoms with Gasteiger partial charge in [-0.05, 0) is 26.2 Å². The fraction of sp³-hybridized carbons (Fsp3) is 0.800. The van der Waals surface area contributed by atoms with Crippen molar-refractivity contribution in [2.24, 2.45) is 11.7 Å². The topological polar surface area (TPSA) is 92.4 Å². The van der Waals surface area contributed by atoms with Crippen molar-refractivity contribution in [3.63, 3.8) is 0 Å². The predicted molar refractivity (Wildman–Crippen MR) is 57.3 cm³/mol. The summed E-state index contributed by atoms with van der Waals surface area (Å²) in [6, 6.07) is -0.649. The van der Waals surface area contributed by atoms with Crippen molar-refractivity contribution in [3.05, 3.63) is 0 Å². The van der Waals surface area contributed by atoms with Crippen LogP contribution in [0.4, 0.5) is 0 Å². The van der Waals surface area contributed by atoms with E-state index in [1.807, 2.05) is 13.8 Å². The summed E-state index contributed by atoms with van der Waals surface area (Å²) in [5, 5.41) is 11.2. The number of carbonyl (C=O) groups is 2. The molecule has 0 unspecified atom stereocenters. The summed E-state index contributed by atoms with van der Waals surface area (Å²) < 4.78 is 0. The van der Waals surface area contributed by atoms with Gasteiger partial charge in [0.2, 0.25) is 5.91 Å². The monoisotopic (exact) mass is 216 g/mol. The van der Waals surface area contributed by atoms with Gasteiger partial charge in [0.15, 0.2) is 0 Å². The molecule has 5 nitrogen and oxygen atoms in total. The maximum Gasteiger partial charge on any atom is 0.328 e. The zero-order valence-electron chi connectivity index (χ0n) is 9.70. The Bertz CT molecular complexity index is 249. The first-order valence-corrected chi connectivity index (χ1v) is 4.98. The Morgan fingerprint density at radius 1 is 1.40 bits per heavy atom. The average molecular weight is 216 g/mol. The number of hydrogen-bond acceptors (Lipinski definition) is 3. The first-order valence-electron chi connectivity index (χ1n) is 4.98. The maximum absolute atomic E-state index is 11.5. The zero-order valence-corrected chi connectivity index (χ0v) is 9.70. The molecule has 0 fully saturated rings. The summed E-state index contributed by atoms with van der Waals surface area (Å²) in [4.78, 5) is 22.2. The molecule has 0 aliphatic heterocycles. The van der Waals surface area contributed by atoms with Gasteiger partial charge in [0.1, 0.15) is 5.54 Å². The number of carboxylic acids is 1. The normalized spacial score (nSPS) is 13.7. The predicted octanol–water partition coefficient (Wildman–Crippen LogP) is 0.339. The van der Waals surface area contributed by atoms with Crippen LogP contribution in [0.2, 0.25) is 0 Å². The minimum atomic E-state index is -1.27. The van der Waals surface area contributed by atoms with Crippen LogP contribution in [-0.2, 0) is 9.59 Å². The summed E-state index contributed by atoms with van der Waals surface area (Å²) in [6.45, 7) is 6.76. The molecule has 4 N–H and O–H groups in total. The van der Waals surface area contributed by atoms with Crippen LogP contribution in [0.5, 0.6) is 0 Å². The van der Waals surface area contributed by atoms with Crippen molar-refractivity contribution in [1.82, 2.24) is 5.32 Å². The van der Waals surface area contributed by atoms with Crippen molar-refractivity contribution < 1.29 is 14.7 Å². The lowest BCUT2D eigenvalue weighted by atomic mass is 10.0. The lowest BCUT2D eigenvalue weighted by Crippen LogP contribution is -2.54. The quantitative estimate of drug-likeness (QED) is 0.618. The van der Waals surface area contributed by atoms with E-state index in [-0.39, 0.29) is 0 Å². The number of nitrogens with two attached hydrogens (primary N) is 1. The van der Waals surface area contributed by atoms with E-state index in [0.717, 1.165) is 0 Å². The highest BCUT2D eigenvalue weighted by Gasteiger charge is 2.30. The van der Waals surface area contributed by atoms with Gasteiger partial charge in [-0.15, -0.1) is 0 Å². The van der Waals surface area contributed by atoms with Crippen LogP contribution >= 0.6 is 0 Å². The highest BCUT2D eigenvalue weighted by atomic mass is 16.4. The molecule has 1 amide bonds. The average Bonchev–Trinajstić information content (AvgIpc) is 2.01. The first kappa shape index (κ1) is 13.9. The largest absolute Gasteiger partial charge is 0.480 e.